The molecule has 106 valence electrons. The highest BCUT2D eigenvalue weighted by molar-refractivity contribution is 5.61. The summed E-state index contributed by atoms with van der Waals surface area (Å²) in [7, 11) is 0. The van der Waals surface area contributed by atoms with Gasteiger partial charge in [-0.25, -0.2) is 8.78 Å². The largest absolute Gasteiger partial charge is 0.507 e. The van der Waals surface area contributed by atoms with Gasteiger partial charge in [-0.15, -0.1) is 0 Å². The van der Waals surface area contributed by atoms with Crippen molar-refractivity contribution in [2.45, 2.75) is 6.42 Å². The van der Waals surface area contributed by atoms with E-state index < -0.39 is 11.6 Å². The normalized spacial score (nSPS) is 10.8. The maximum Gasteiger partial charge on any atom is 0.261 e. The summed E-state index contributed by atoms with van der Waals surface area (Å²) in [6.07, 6.45) is 0.0726. The van der Waals surface area contributed by atoms with Gasteiger partial charge in [0.1, 0.15) is 17.4 Å². The fourth-order valence-corrected chi connectivity index (χ4v) is 1.93. The van der Waals surface area contributed by atoms with Crippen LogP contribution in [0.15, 0.2) is 47.0 Å². The van der Waals surface area contributed by atoms with Gasteiger partial charge < -0.3 is 9.63 Å². The molecule has 0 spiro atoms. The van der Waals surface area contributed by atoms with Gasteiger partial charge >= 0.3 is 0 Å². The van der Waals surface area contributed by atoms with Crippen LogP contribution >= 0.6 is 0 Å². The van der Waals surface area contributed by atoms with Gasteiger partial charge in [-0.2, -0.15) is 4.98 Å². The molecule has 0 saturated carbocycles. The predicted octanol–water partition coefficient (Wildman–Crippen LogP) is 3.31. The number of halogens is 2. The number of nitrogens with zero attached hydrogens (tertiary/aromatic N) is 2. The lowest BCUT2D eigenvalue weighted by Gasteiger charge is -1.99. The van der Waals surface area contributed by atoms with Crippen LogP contribution in [0.25, 0.3) is 11.5 Å². The molecular formula is C15H10F2N2O2. The van der Waals surface area contributed by atoms with E-state index in [9.17, 15) is 13.9 Å². The van der Waals surface area contributed by atoms with Crippen LogP contribution in [0.3, 0.4) is 0 Å². The van der Waals surface area contributed by atoms with Gasteiger partial charge in [0.25, 0.3) is 5.89 Å². The van der Waals surface area contributed by atoms with Gasteiger partial charge in [-0.05, 0) is 23.8 Å². The van der Waals surface area contributed by atoms with Gasteiger partial charge in [0.2, 0.25) is 0 Å². The van der Waals surface area contributed by atoms with E-state index in [1.54, 1.807) is 18.2 Å². The molecule has 21 heavy (non-hydrogen) atoms. The highest BCUT2D eigenvalue weighted by Crippen LogP contribution is 2.27. The number of hydrogen-bond acceptors (Lipinski definition) is 4. The second kappa shape index (κ2) is 5.32. The van der Waals surface area contributed by atoms with E-state index in [1.807, 2.05) is 0 Å². The van der Waals surface area contributed by atoms with Crippen LogP contribution < -0.4 is 0 Å². The molecule has 6 heteroatoms. The Bertz CT molecular complexity index is 787. The molecular weight excluding hydrogens is 278 g/mol. The average Bonchev–Trinajstić information content (AvgIpc) is 2.91. The maximum atomic E-state index is 13.6. The topological polar surface area (TPSA) is 59.2 Å². The Balaban J connectivity index is 1.87. The van der Waals surface area contributed by atoms with E-state index in [2.05, 4.69) is 10.1 Å². The number of phenolic OH excluding ortho intramolecular Hbond substituents is 1. The lowest BCUT2D eigenvalue weighted by atomic mass is 10.1. The van der Waals surface area contributed by atoms with Gasteiger partial charge in [-0.3, -0.25) is 0 Å². The van der Waals surface area contributed by atoms with Crippen molar-refractivity contribution in [3.8, 4) is 17.2 Å². The third-order valence-corrected chi connectivity index (χ3v) is 2.97. The van der Waals surface area contributed by atoms with E-state index in [4.69, 9.17) is 4.52 Å². The zero-order valence-corrected chi connectivity index (χ0v) is 10.8. The van der Waals surface area contributed by atoms with Gasteiger partial charge in [0.15, 0.2) is 5.82 Å². The summed E-state index contributed by atoms with van der Waals surface area (Å²) in [6.45, 7) is 0. The Kier molecular flexibility index (Phi) is 3.35. The third kappa shape index (κ3) is 2.74. The van der Waals surface area contributed by atoms with Crippen molar-refractivity contribution >= 4 is 0 Å². The van der Waals surface area contributed by atoms with Crippen LogP contribution in [0.2, 0.25) is 0 Å². The van der Waals surface area contributed by atoms with Gasteiger partial charge in [0.05, 0.1) is 5.56 Å². The molecule has 4 nitrogen and oxygen atoms in total. The van der Waals surface area contributed by atoms with E-state index in [-0.39, 0.29) is 29.4 Å². The number of hydrogen-bond donors (Lipinski definition) is 1. The molecule has 0 unspecified atom stereocenters. The molecule has 2 aromatic carbocycles. The zero-order valence-electron chi connectivity index (χ0n) is 10.8. The SMILES string of the molecule is Oc1ccccc1-c1nc(Cc2ccc(F)cc2F)no1. The van der Waals surface area contributed by atoms with Crippen molar-refractivity contribution in [3.05, 3.63) is 65.5 Å². The minimum atomic E-state index is -0.663. The van der Waals surface area contributed by atoms with Gasteiger partial charge in [0, 0.05) is 12.5 Å². The van der Waals surface area contributed by atoms with Gasteiger partial charge in [-0.1, -0.05) is 23.4 Å². The van der Waals surface area contributed by atoms with Crippen molar-refractivity contribution in [2.75, 3.05) is 0 Å². The molecule has 0 radical (unpaired) electrons. The Labute approximate surface area is 118 Å². The van der Waals surface area contributed by atoms with Crippen molar-refractivity contribution in [2.24, 2.45) is 0 Å². The van der Waals surface area contributed by atoms with Crippen LogP contribution in [0.1, 0.15) is 11.4 Å². The molecule has 1 aromatic heterocycles. The standard InChI is InChI=1S/C15H10F2N2O2/c16-10-6-5-9(12(17)8-10)7-14-18-15(21-19-14)11-3-1-2-4-13(11)20/h1-6,8,20H,7H2. The monoisotopic (exact) mass is 288 g/mol. The minimum Gasteiger partial charge on any atom is -0.507 e. The molecule has 0 amide bonds. The number of aromatic nitrogens is 2. The Morgan fingerprint density at radius 3 is 2.67 bits per heavy atom. The number of para-hydroxylation sites is 1. The lowest BCUT2D eigenvalue weighted by Crippen LogP contribution is -1.95. The fourth-order valence-electron chi connectivity index (χ4n) is 1.93. The molecule has 0 aliphatic carbocycles. The summed E-state index contributed by atoms with van der Waals surface area (Å²) in [4.78, 5) is 4.10. The van der Waals surface area contributed by atoms with E-state index in [0.717, 1.165) is 6.07 Å². The fraction of sp³-hybridized carbons (Fsp3) is 0.0667. The predicted molar refractivity (Wildman–Crippen MR) is 70.6 cm³/mol. The molecule has 0 aliphatic rings. The second-order valence-electron chi connectivity index (χ2n) is 4.45. The molecule has 0 bridgehead atoms. The van der Waals surface area contributed by atoms with Crippen LogP contribution in [0.4, 0.5) is 8.78 Å². The highest BCUT2D eigenvalue weighted by atomic mass is 19.1. The van der Waals surface area contributed by atoms with Crippen molar-refractivity contribution in [3.63, 3.8) is 0 Å². The molecule has 0 aliphatic heterocycles. The Hall–Kier alpha value is -2.76. The summed E-state index contributed by atoms with van der Waals surface area (Å²) < 4.78 is 31.5. The number of rotatable bonds is 3. The van der Waals surface area contributed by atoms with E-state index >= 15 is 0 Å². The van der Waals surface area contributed by atoms with Crippen molar-refractivity contribution in [1.82, 2.24) is 10.1 Å². The first-order valence-electron chi connectivity index (χ1n) is 6.18. The van der Waals surface area contributed by atoms with Crippen LogP contribution in [0, 0.1) is 11.6 Å². The average molecular weight is 288 g/mol. The Morgan fingerprint density at radius 2 is 1.90 bits per heavy atom. The molecule has 0 saturated heterocycles. The van der Waals surface area contributed by atoms with Crippen LogP contribution in [-0.2, 0) is 6.42 Å². The van der Waals surface area contributed by atoms with Crippen molar-refractivity contribution < 1.29 is 18.4 Å². The van der Waals surface area contributed by atoms with E-state index in [0.29, 0.717) is 5.56 Å². The summed E-state index contributed by atoms with van der Waals surface area (Å²) in [5, 5.41) is 13.4. The lowest BCUT2D eigenvalue weighted by molar-refractivity contribution is 0.418. The molecule has 1 N–H and O–H groups in total. The molecule has 1 heterocycles. The van der Waals surface area contributed by atoms with Crippen LogP contribution in [-0.4, -0.2) is 15.2 Å². The molecule has 0 atom stereocenters. The summed E-state index contributed by atoms with van der Waals surface area (Å²) in [5.41, 5.74) is 0.664. The van der Waals surface area contributed by atoms with Crippen molar-refractivity contribution in [1.29, 1.82) is 0 Å². The highest BCUT2D eigenvalue weighted by Gasteiger charge is 2.14. The molecule has 0 fully saturated rings. The first kappa shape index (κ1) is 13.2. The molecule has 3 rings (SSSR count). The van der Waals surface area contributed by atoms with E-state index in [1.165, 1.54) is 18.2 Å². The molecule has 3 aromatic rings. The first-order valence-corrected chi connectivity index (χ1v) is 6.18. The number of aromatic hydroxyl groups is 1. The number of benzene rings is 2. The maximum absolute atomic E-state index is 13.6. The summed E-state index contributed by atoms with van der Waals surface area (Å²) in [6, 6.07) is 9.83. The van der Waals surface area contributed by atoms with Crippen LogP contribution in [0.5, 0.6) is 5.75 Å². The summed E-state index contributed by atoms with van der Waals surface area (Å²) >= 11 is 0. The quantitative estimate of drug-likeness (QED) is 0.803. The Morgan fingerprint density at radius 1 is 1.10 bits per heavy atom. The smallest absolute Gasteiger partial charge is 0.261 e. The number of phenols is 1. The second-order valence-corrected chi connectivity index (χ2v) is 4.45. The third-order valence-electron chi connectivity index (χ3n) is 2.97. The zero-order chi connectivity index (χ0) is 14.8. The summed E-state index contributed by atoms with van der Waals surface area (Å²) in [5.74, 6) is -0.895. The first-order chi connectivity index (χ1) is 10.1. The minimum absolute atomic E-state index is 0.0145.